The largest absolute Gasteiger partial charge is 0.496 e. The summed E-state index contributed by atoms with van der Waals surface area (Å²) in [5.74, 6) is -0.0553. The molecule has 1 rings (SSSR count). The van der Waals surface area contributed by atoms with Crippen LogP contribution in [0, 0.1) is 0 Å². The van der Waals surface area contributed by atoms with E-state index < -0.39 is 5.91 Å². The summed E-state index contributed by atoms with van der Waals surface area (Å²) in [6.45, 7) is 1.12. The Balaban J connectivity index is 3.18. The van der Waals surface area contributed by atoms with E-state index in [0.717, 1.165) is 0 Å². The van der Waals surface area contributed by atoms with Gasteiger partial charge in [-0.25, -0.2) is 5.43 Å². The van der Waals surface area contributed by atoms with Crippen LogP contribution in [0.2, 0.25) is 0 Å². The van der Waals surface area contributed by atoms with Crippen LogP contribution in [0.1, 0.15) is 28.4 Å². The van der Waals surface area contributed by atoms with Gasteiger partial charge in [-0.3, -0.25) is 4.79 Å². The standard InChI is InChI=1S/C12H16N2O4/c1-3-13-14-12(17)8-4-9(6-15)10(7-16)11(5-8)18-2/h3-5,15-16H,6-7H2,1-2H3,(H,14,17)/b13-3+. The van der Waals surface area contributed by atoms with Gasteiger partial charge in [-0.1, -0.05) is 0 Å². The molecule has 0 saturated heterocycles. The fourth-order valence-corrected chi connectivity index (χ4v) is 1.52. The Bertz CT molecular complexity index is 432. The van der Waals surface area contributed by atoms with Crippen molar-refractivity contribution in [2.75, 3.05) is 7.11 Å². The maximum atomic E-state index is 11.7. The molecule has 0 atom stereocenters. The Morgan fingerprint density at radius 1 is 1.44 bits per heavy atom. The van der Waals surface area contributed by atoms with Crippen LogP contribution in [0.4, 0.5) is 0 Å². The minimum Gasteiger partial charge on any atom is -0.496 e. The molecule has 6 nitrogen and oxygen atoms in total. The Morgan fingerprint density at radius 2 is 2.17 bits per heavy atom. The second-order valence-electron chi connectivity index (χ2n) is 3.46. The third kappa shape index (κ3) is 3.06. The van der Waals surface area contributed by atoms with Crippen LogP contribution in [0.15, 0.2) is 17.2 Å². The van der Waals surface area contributed by atoms with E-state index in [1.165, 1.54) is 25.5 Å². The number of hydrogen-bond acceptors (Lipinski definition) is 5. The Morgan fingerprint density at radius 3 is 2.67 bits per heavy atom. The van der Waals surface area contributed by atoms with Gasteiger partial charge in [-0.15, -0.1) is 0 Å². The van der Waals surface area contributed by atoms with Crippen molar-refractivity contribution < 1.29 is 19.7 Å². The highest BCUT2D eigenvalue weighted by Gasteiger charge is 2.14. The molecule has 1 amide bonds. The second kappa shape index (κ2) is 6.73. The molecule has 1 aromatic rings. The topological polar surface area (TPSA) is 91.2 Å². The predicted octanol–water partition coefficient (Wildman–Crippen LogP) is 0.415. The Labute approximate surface area is 105 Å². The quantitative estimate of drug-likeness (QED) is 0.523. The van der Waals surface area contributed by atoms with Gasteiger partial charge in [-0.05, 0) is 24.6 Å². The fourth-order valence-electron chi connectivity index (χ4n) is 1.52. The normalized spacial score (nSPS) is 10.7. The summed E-state index contributed by atoms with van der Waals surface area (Å²) in [4.78, 5) is 11.7. The summed E-state index contributed by atoms with van der Waals surface area (Å²) in [6, 6.07) is 2.99. The van der Waals surface area contributed by atoms with Gasteiger partial charge in [0.25, 0.3) is 5.91 Å². The first-order valence-corrected chi connectivity index (χ1v) is 5.37. The van der Waals surface area contributed by atoms with E-state index in [4.69, 9.17) is 4.74 Å². The zero-order valence-corrected chi connectivity index (χ0v) is 10.3. The van der Waals surface area contributed by atoms with Crippen molar-refractivity contribution in [3.05, 3.63) is 28.8 Å². The average Bonchev–Trinajstić information content (AvgIpc) is 2.42. The number of nitrogens with one attached hydrogen (secondary N) is 1. The summed E-state index contributed by atoms with van der Waals surface area (Å²) in [7, 11) is 1.43. The number of aliphatic hydroxyl groups excluding tert-OH is 2. The van der Waals surface area contributed by atoms with E-state index in [9.17, 15) is 15.0 Å². The summed E-state index contributed by atoms with van der Waals surface area (Å²) >= 11 is 0. The lowest BCUT2D eigenvalue weighted by Crippen LogP contribution is -2.18. The van der Waals surface area contributed by atoms with E-state index in [1.807, 2.05) is 0 Å². The Hall–Kier alpha value is -1.92. The maximum absolute atomic E-state index is 11.7. The minimum absolute atomic E-state index is 0.270. The molecule has 1 aromatic carbocycles. The van der Waals surface area contributed by atoms with Crippen molar-refractivity contribution in [2.24, 2.45) is 5.10 Å². The molecule has 0 unspecified atom stereocenters. The van der Waals surface area contributed by atoms with E-state index in [1.54, 1.807) is 6.92 Å². The SMILES string of the molecule is C/C=N/NC(=O)c1cc(CO)c(CO)c(OC)c1. The molecule has 0 aliphatic heterocycles. The number of methoxy groups -OCH3 is 1. The van der Waals surface area contributed by atoms with Crippen LogP contribution in [0.5, 0.6) is 5.75 Å². The molecule has 18 heavy (non-hydrogen) atoms. The number of hydrazone groups is 1. The lowest BCUT2D eigenvalue weighted by atomic mass is 10.0. The van der Waals surface area contributed by atoms with Crippen molar-refractivity contribution in [1.82, 2.24) is 5.43 Å². The number of ether oxygens (including phenoxy) is 1. The summed E-state index contributed by atoms with van der Waals surface area (Å²) in [5, 5.41) is 22.1. The Kier molecular flexibility index (Phi) is 5.29. The molecule has 98 valence electrons. The van der Waals surface area contributed by atoms with Crippen LogP contribution in [-0.4, -0.2) is 29.4 Å². The van der Waals surface area contributed by atoms with Crippen LogP contribution < -0.4 is 10.2 Å². The van der Waals surface area contributed by atoms with Gasteiger partial charge in [0.15, 0.2) is 0 Å². The van der Waals surface area contributed by atoms with Gasteiger partial charge in [0, 0.05) is 17.3 Å². The van der Waals surface area contributed by atoms with Gasteiger partial charge in [0.1, 0.15) is 5.75 Å². The van der Waals surface area contributed by atoms with Crippen molar-refractivity contribution in [1.29, 1.82) is 0 Å². The third-order valence-electron chi connectivity index (χ3n) is 2.41. The van der Waals surface area contributed by atoms with Gasteiger partial charge >= 0.3 is 0 Å². The highest BCUT2D eigenvalue weighted by Crippen LogP contribution is 2.25. The number of carbonyl (C=O) groups excluding carboxylic acids is 1. The first-order valence-electron chi connectivity index (χ1n) is 5.37. The average molecular weight is 252 g/mol. The maximum Gasteiger partial charge on any atom is 0.271 e. The molecular formula is C12H16N2O4. The summed E-state index contributed by atoms with van der Waals surface area (Å²) in [6.07, 6.45) is 1.45. The highest BCUT2D eigenvalue weighted by molar-refractivity contribution is 5.95. The lowest BCUT2D eigenvalue weighted by Gasteiger charge is -2.12. The van der Waals surface area contributed by atoms with Gasteiger partial charge in [0.2, 0.25) is 0 Å². The van der Waals surface area contributed by atoms with Gasteiger partial charge in [0.05, 0.1) is 20.3 Å². The molecule has 0 aromatic heterocycles. The number of benzene rings is 1. The number of aliphatic hydroxyl groups is 2. The fraction of sp³-hybridized carbons (Fsp3) is 0.333. The van der Waals surface area contributed by atoms with Crippen molar-refractivity contribution in [3.63, 3.8) is 0 Å². The van der Waals surface area contributed by atoms with Crippen molar-refractivity contribution >= 4 is 12.1 Å². The predicted molar refractivity (Wildman–Crippen MR) is 66.5 cm³/mol. The number of nitrogens with zero attached hydrogens (tertiary/aromatic N) is 1. The molecule has 0 spiro atoms. The minimum atomic E-state index is -0.411. The van der Waals surface area contributed by atoms with Crippen LogP contribution in [0.3, 0.4) is 0 Å². The van der Waals surface area contributed by atoms with Crippen molar-refractivity contribution in [2.45, 2.75) is 20.1 Å². The van der Waals surface area contributed by atoms with Crippen LogP contribution >= 0.6 is 0 Å². The first-order chi connectivity index (χ1) is 8.67. The number of hydrogen-bond donors (Lipinski definition) is 3. The van der Waals surface area contributed by atoms with Crippen molar-refractivity contribution in [3.8, 4) is 5.75 Å². The number of rotatable bonds is 5. The van der Waals surface area contributed by atoms with Gasteiger partial charge in [-0.2, -0.15) is 5.10 Å². The molecular weight excluding hydrogens is 236 g/mol. The molecule has 0 fully saturated rings. The molecule has 6 heteroatoms. The monoisotopic (exact) mass is 252 g/mol. The molecule has 0 radical (unpaired) electrons. The molecule has 0 aliphatic rings. The zero-order chi connectivity index (χ0) is 13.5. The van der Waals surface area contributed by atoms with E-state index in [0.29, 0.717) is 22.4 Å². The van der Waals surface area contributed by atoms with E-state index in [-0.39, 0.29) is 13.2 Å². The molecule has 0 heterocycles. The van der Waals surface area contributed by atoms with Gasteiger partial charge < -0.3 is 14.9 Å². The van der Waals surface area contributed by atoms with Crippen LogP contribution in [0.25, 0.3) is 0 Å². The second-order valence-corrected chi connectivity index (χ2v) is 3.46. The number of amides is 1. The lowest BCUT2D eigenvalue weighted by molar-refractivity contribution is 0.0954. The summed E-state index contributed by atoms with van der Waals surface area (Å²) in [5.41, 5.74) is 3.54. The van der Waals surface area contributed by atoms with E-state index >= 15 is 0 Å². The first kappa shape index (κ1) is 14.1. The third-order valence-corrected chi connectivity index (χ3v) is 2.41. The van der Waals surface area contributed by atoms with Crippen LogP contribution in [-0.2, 0) is 13.2 Å². The summed E-state index contributed by atoms with van der Waals surface area (Å²) < 4.78 is 5.08. The molecule has 0 saturated carbocycles. The highest BCUT2D eigenvalue weighted by atomic mass is 16.5. The van der Waals surface area contributed by atoms with E-state index in [2.05, 4.69) is 10.5 Å². The molecule has 0 aliphatic carbocycles. The zero-order valence-electron chi connectivity index (χ0n) is 10.3. The molecule has 3 N–H and O–H groups in total. The smallest absolute Gasteiger partial charge is 0.271 e. The molecule has 0 bridgehead atoms. The number of carbonyl (C=O) groups is 1.